The molecular formula is C51H59NO13S. The number of nitrogens with one attached hydrogen (secondary N) is 1. The summed E-state index contributed by atoms with van der Waals surface area (Å²) in [6.45, 7) is 11.2. The smallest absolute Gasteiger partial charge is 0.457 e. The van der Waals surface area contributed by atoms with Crippen LogP contribution in [0, 0.1) is 28.6 Å². The van der Waals surface area contributed by atoms with Crippen LogP contribution in [0.5, 0.6) is 0 Å². The van der Waals surface area contributed by atoms with Crippen LogP contribution in [-0.2, 0) is 42.8 Å². The number of Topliss-reactive ketones (excluding diaryl/α,β-unsaturated/α-hetero) is 1. The van der Waals surface area contributed by atoms with Crippen LogP contribution in [0.4, 0.5) is 4.79 Å². The molecule has 0 spiro atoms. The zero-order valence-electron chi connectivity index (χ0n) is 38.6. The normalized spacial score (nSPS) is 30.6. The highest BCUT2D eigenvalue weighted by atomic mass is 32.2. The molecule has 1 saturated heterocycles. The number of esters is 3. The molecule has 14 nitrogen and oxygen atoms in total. The highest BCUT2D eigenvalue weighted by Gasteiger charge is 2.78. The summed E-state index contributed by atoms with van der Waals surface area (Å²) in [5.41, 5.74) is -4.95. The lowest BCUT2D eigenvalue weighted by atomic mass is 9.43. The molecule has 1 unspecified atom stereocenters. The number of rotatable bonds is 13. The van der Waals surface area contributed by atoms with Gasteiger partial charge in [-0.15, -0.1) is 0 Å². The van der Waals surface area contributed by atoms with Crippen LogP contribution in [-0.4, -0.2) is 102 Å². The van der Waals surface area contributed by atoms with Gasteiger partial charge in [0.2, 0.25) is 0 Å². The molecule has 2 N–H and O–H groups in total. The third-order valence-corrected chi connectivity index (χ3v) is 15.1. The maximum Gasteiger partial charge on any atom is 0.508 e. The summed E-state index contributed by atoms with van der Waals surface area (Å²) in [7, 11) is 0. The molecule has 352 valence electrons. The molecule has 11 atom stereocenters. The standard InChI is InChI=1S/C51H59NO13S/c1-29-36(62-45(56)31(3)40(33-18-12-9-13-19-33)52-44(55)34-20-14-10-15-21-34)27-51(59)43(64-46(57)35-22-16-11-17-23-35)41-49(7,42(54)30(2)39(29)48(51,5)6)37(63-47(58)60-24-25-66-8)26-38-50(41,28-61-38)65-32(4)53/h9-23,30-31,36-38,40-41,43,59H,24-28H2,1-8H3,(H,52,55)/t30-,31-,36+,37+,38-,40-,41?,43+,49-,50+,51-/m1/s1. The largest absolute Gasteiger partial charge is 0.508 e. The average Bonchev–Trinajstić information content (AvgIpc) is 3.29. The van der Waals surface area contributed by atoms with E-state index in [0.717, 1.165) is 0 Å². The van der Waals surface area contributed by atoms with Crippen molar-refractivity contribution in [2.45, 2.75) is 103 Å². The van der Waals surface area contributed by atoms with E-state index in [2.05, 4.69) is 5.32 Å². The number of thioether (sulfide) groups is 1. The Balaban J connectivity index is 1.36. The van der Waals surface area contributed by atoms with Gasteiger partial charge in [0.05, 0.1) is 35.5 Å². The second-order valence-electron chi connectivity index (χ2n) is 18.6. The predicted octanol–water partition coefficient (Wildman–Crippen LogP) is 7.24. The van der Waals surface area contributed by atoms with Crippen molar-refractivity contribution in [1.82, 2.24) is 5.32 Å². The lowest BCUT2D eigenvalue weighted by Gasteiger charge is -2.67. The lowest BCUT2D eigenvalue weighted by molar-refractivity contribution is -0.345. The van der Waals surface area contributed by atoms with Crippen LogP contribution in [0.2, 0.25) is 0 Å². The number of carbonyl (C=O) groups excluding carboxylic acids is 6. The van der Waals surface area contributed by atoms with Gasteiger partial charge < -0.3 is 38.8 Å². The van der Waals surface area contributed by atoms with E-state index in [9.17, 15) is 29.1 Å². The molecule has 2 saturated carbocycles. The number of ketones is 1. The molecule has 3 fully saturated rings. The Bertz CT molecular complexity index is 2360. The molecule has 66 heavy (non-hydrogen) atoms. The van der Waals surface area contributed by atoms with E-state index in [4.69, 9.17) is 28.4 Å². The summed E-state index contributed by atoms with van der Waals surface area (Å²) in [6.07, 6.45) is -4.73. The second-order valence-corrected chi connectivity index (χ2v) is 19.6. The molecule has 0 aromatic heterocycles. The highest BCUT2D eigenvalue weighted by molar-refractivity contribution is 7.98. The van der Waals surface area contributed by atoms with Gasteiger partial charge in [0.25, 0.3) is 5.91 Å². The summed E-state index contributed by atoms with van der Waals surface area (Å²) in [4.78, 5) is 85.2. The molecule has 4 aliphatic rings. The van der Waals surface area contributed by atoms with Crippen LogP contribution in [0.3, 0.4) is 0 Å². The molecular weight excluding hydrogens is 867 g/mol. The van der Waals surface area contributed by atoms with Crippen molar-refractivity contribution in [2.75, 3.05) is 25.2 Å². The Morgan fingerprint density at radius 3 is 2.08 bits per heavy atom. The molecule has 1 aliphatic heterocycles. The minimum Gasteiger partial charge on any atom is -0.457 e. The van der Waals surface area contributed by atoms with Crippen molar-refractivity contribution in [2.24, 2.45) is 28.6 Å². The summed E-state index contributed by atoms with van der Waals surface area (Å²) >= 11 is 1.46. The molecule has 15 heteroatoms. The van der Waals surface area contributed by atoms with E-state index in [1.807, 2.05) is 12.3 Å². The van der Waals surface area contributed by atoms with Gasteiger partial charge in [-0.1, -0.05) is 87.5 Å². The zero-order chi connectivity index (χ0) is 47.8. The van der Waals surface area contributed by atoms with Crippen molar-refractivity contribution < 1.29 is 62.3 Å². The summed E-state index contributed by atoms with van der Waals surface area (Å²) in [5.74, 6) is -6.05. The first-order valence-corrected chi connectivity index (χ1v) is 23.7. The predicted molar refractivity (Wildman–Crippen MR) is 243 cm³/mol. The van der Waals surface area contributed by atoms with E-state index in [0.29, 0.717) is 28.0 Å². The maximum atomic E-state index is 15.8. The number of amides is 1. The van der Waals surface area contributed by atoms with Crippen LogP contribution in [0.1, 0.15) is 93.6 Å². The average molecular weight is 926 g/mol. The van der Waals surface area contributed by atoms with Crippen molar-refractivity contribution in [3.8, 4) is 0 Å². The van der Waals surface area contributed by atoms with Gasteiger partial charge >= 0.3 is 24.1 Å². The van der Waals surface area contributed by atoms with E-state index in [1.165, 1.54) is 18.7 Å². The number of ether oxygens (including phenoxy) is 6. The second kappa shape index (κ2) is 19.0. The minimum atomic E-state index is -2.18. The lowest BCUT2D eigenvalue weighted by Crippen LogP contribution is -2.81. The van der Waals surface area contributed by atoms with E-state index < -0.39 is 106 Å². The minimum absolute atomic E-state index is 0.0378. The summed E-state index contributed by atoms with van der Waals surface area (Å²) in [6, 6.07) is 24.9. The Labute approximate surface area is 389 Å². The van der Waals surface area contributed by atoms with E-state index >= 15 is 4.79 Å². The molecule has 3 aromatic carbocycles. The Morgan fingerprint density at radius 2 is 1.50 bits per heavy atom. The van der Waals surface area contributed by atoms with Crippen molar-refractivity contribution in [3.63, 3.8) is 0 Å². The molecule has 1 amide bonds. The number of hydrogen-bond donors (Lipinski definition) is 2. The highest BCUT2D eigenvalue weighted by Crippen LogP contribution is 2.65. The molecule has 1 heterocycles. The van der Waals surface area contributed by atoms with Crippen molar-refractivity contribution in [3.05, 3.63) is 119 Å². The number of carbonyl (C=O) groups is 6. The number of hydrogen-bond acceptors (Lipinski definition) is 14. The quantitative estimate of drug-likeness (QED) is 0.0755. The molecule has 3 aromatic rings. The van der Waals surface area contributed by atoms with Crippen molar-refractivity contribution >= 4 is 47.5 Å². The van der Waals surface area contributed by atoms with Gasteiger partial charge in [0.1, 0.15) is 42.4 Å². The molecule has 3 aliphatic carbocycles. The molecule has 2 bridgehead atoms. The van der Waals surface area contributed by atoms with E-state index in [1.54, 1.807) is 126 Å². The van der Waals surface area contributed by atoms with Gasteiger partial charge in [-0.2, -0.15) is 11.8 Å². The van der Waals surface area contributed by atoms with Gasteiger partial charge in [0.15, 0.2) is 5.60 Å². The maximum absolute atomic E-state index is 15.8. The third-order valence-electron chi connectivity index (χ3n) is 14.5. The number of fused-ring (bicyclic) bond motifs is 5. The van der Waals surface area contributed by atoms with Crippen LogP contribution < -0.4 is 5.32 Å². The van der Waals surface area contributed by atoms with Gasteiger partial charge in [0, 0.05) is 42.4 Å². The van der Waals surface area contributed by atoms with Gasteiger partial charge in [-0.25, -0.2) is 9.59 Å². The van der Waals surface area contributed by atoms with Crippen LogP contribution in [0.25, 0.3) is 0 Å². The zero-order valence-corrected chi connectivity index (χ0v) is 39.4. The van der Waals surface area contributed by atoms with E-state index in [-0.39, 0.29) is 31.6 Å². The number of benzene rings is 3. The third kappa shape index (κ3) is 8.54. The van der Waals surface area contributed by atoms with Crippen LogP contribution in [0.15, 0.2) is 102 Å². The fraction of sp³-hybridized carbons (Fsp3) is 0.490. The SMILES string of the molecule is CSCCOC(=O)O[C@H]1C[C@H]2OC[C@@]2(OC(C)=O)C2[C@H](OC(=O)c3ccccc3)[C@]3(O)C[C@H](OC(=O)[C@H](C)[C@@H](NC(=O)c4ccccc4)c4ccccc4)C(C)=C([C@@H](C)C(=O)[C@@]21C)C3(C)C. The van der Waals surface area contributed by atoms with Gasteiger partial charge in [-0.3, -0.25) is 19.2 Å². The molecule has 0 radical (unpaired) electrons. The Morgan fingerprint density at radius 1 is 0.894 bits per heavy atom. The first-order valence-electron chi connectivity index (χ1n) is 22.3. The summed E-state index contributed by atoms with van der Waals surface area (Å²) < 4.78 is 36.8. The fourth-order valence-electron chi connectivity index (χ4n) is 11.1. The first kappa shape index (κ1) is 48.4. The topological polar surface area (TPSA) is 190 Å². The Hall–Kier alpha value is -5.51. The fourth-order valence-corrected chi connectivity index (χ4v) is 11.4. The van der Waals surface area contributed by atoms with Crippen molar-refractivity contribution in [1.29, 1.82) is 0 Å². The summed E-state index contributed by atoms with van der Waals surface area (Å²) in [5, 5.41) is 16.9. The van der Waals surface area contributed by atoms with Crippen LogP contribution >= 0.6 is 11.8 Å². The monoisotopic (exact) mass is 925 g/mol. The Kier molecular flexibility index (Phi) is 13.9. The molecule has 7 rings (SSSR count). The first-order chi connectivity index (χ1) is 31.3. The number of aliphatic hydroxyl groups is 1. The van der Waals surface area contributed by atoms with Gasteiger partial charge in [-0.05, 0) is 68.0 Å².